The minimum absolute atomic E-state index is 0. The van der Waals surface area contributed by atoms with Crippen molar-refractivity contribution < 1.29 is 4.79 Å². The van der Waals surface area contributed by atoms with Crippen molar-refractivity contribution in [3.8, 4) is 0 Å². The Bertz CT molecular complexity index is 752. The van der Waals surface area contributed by atoms with Crippen LogP contribution in [-0.2, 0) is 4.79 Å². The first kappa shape index (κ1) is 19.3. The molecule has 0 aromatic carbocycles. The quantitative estimate of drug-likeness (QED) is 0.861. The van der Waals surface area contributed by atoms with Crippen LogP contribution in [0.2, 0.25) is 0 Å². The van der Waals surface area contributed by atoms with E-state index in [0.29, 0.717) is 5.92 Å². The van der Waals surface area contributed by atoms with Crippen molar-refractivity contribution in [2.24, 2.45) is 5.92 Å². The van der Waals surface area contributed by atoms with Gasteiger partial charge in [0.15, 0.2) is 0 Å². The van der Waals surface area contributed by atoms with Gasteiger partial charge in [0.25, 0.3) is 0 Å². The number of halogens is 1. The Balaban J connectivity index is 0.00000196. The zero-order chi connectivity index (χ0) is 17.2. The van der Waals surface area contributed by atoms with Gasteiger partial charge in [-0.05, 0) is 56.6 Å². The summed E-state index contributed by atoms with van der Waals surface area (Å²) >= 11 is 1.62. The Hall–Kier alpha value is -1.44. The van der Waals surface area contributed by atoms with Crippen molar-refractivity contribution >= 4 is 45.7 Å². The number of aromatic nitrogens is 2. The third-order valence-corrected chi connectivity index (χ3v) is 6.19. The maximum Gasteiger partial charge on any atom is 0.245 e. The molecule has 1 N–H and O–H groups in total. The smallest absolute Gasteiger partial charge is 0.245 e. The summed E-state index contributed by atoms with van der Waals surface area (Å²) in [4.78, 5) is 27.4. The molecule has 2 aliphatic rings. The fraction of sp³-hybridized carbons (Fsp3) is 0.611. The third-order valence-electron chi connectivity index (χ3n) is 5.37. The Labute approximate surface area is 164 Å². The second-order valence-electron chi connectivity index (χ2n) is 7.04. The summed E-state index contributed by atoms with van der Waals surface area (Å²) in [6.07, 6.45) is 5.90. The van der Waals surface area contributed by atoms with E-state index >= 15 is 0 Å². The van der Waals surface area contributed by atoms with E-state index in [-0.39, 0.29) is 24.4 Å². The van der Waals surface area contributed by atoms with Crippen LogP contribution < -0.4 is 10.2 Å². The number of likely N-dealkylation sites (tertiary alicyclic amines) is 1. The average Bonchev–Trinajstić information content (AvgIpc) is 3.30. The number of carbonyl (C=O) groups is 1. The molecule has 2 unspecified atom stereocenters. The van der Waals surface area contributed by atoms with E-state index in [9.17, 15) is 4.79 Å². The predicted octanol–water partition coefficient (Wildman–Crippen LogP) is 2.54. The molecule has 0 spiro atoms. The number of thiophene rings is 1. The van der Waals surface area contributed by atoms with Gasteiger partial charge >= 0.3 is 0 Å². The number of anilines is 1. The lowest BCUT2D eigenvalue weighted by molar-refractivity contribution is -0.134. The van der Waals surface area contributed by atoms with Crippen LogP contribution in [0.15, 0.2) is 17.8 Å². The Morgan fingerprint density at radius 2 is 2.15 bits per heavy atom. The molecule has 2 aromatic heterocycles. The zero-order valence-electron chi connectivity index (χ0n) is 15.1. The topological polar surface area (TPSA) is 61.4 Å². The number of fused-ring (bicyclic) bond motifs is 1. The first-order chi connectivity index (χ1) is 12.3. The Morgan fingerprint density at radius 1 is 1.31 bits per heavy atom. The maximum absolute atomic E-state index is 13.2. The Kier molecular flexibility index (Phi) is 6.32. The van der Waals surface area contributed by atoms with E-state index in [2.05, 4.69) is 31.2 Å². The van der Waals surface area contributed by atoms with E-state index in [1.54, 1.807) is 17.7 Å². The van der Waals surface area contributed by atoms with Gasteiger partial charge in [-0.1, -0.05) is 0 Å². The van der Waals surface area contributed by atoms with Gasteiger partial charge in [0.2, 0.25) is 5.91 Å². The molecule has 2 atom stereocenters. The summed E-state index contributed by atoms with van der Waals surface area (Å²) < 4.78 is 0. The van der Waals surface area contributed by atoms with Crippen LogP contribution in [-0.4, -0.2) is 60.0 Å². The summed E-state index contributed by atoms with van der Waals surface area (Å²) in [7, 11) is 1.99. The van der Waals surface area contributed by atoms with Crippen LogP contribution in [0, 0.1) is 5.92 Å². The standard InChI is InChI=1S/C18H25N5OS.ClH/c1-19-10-13-4-2-7-22(11-13)18(24)15-5-3-8-23(15)16-14-6-9-25-17(14)21-12-20-16;/h6,9,12-13,15,19H,2-5,7-8,10-11H2,1H3;1H. The summed E-state index contributed by atoms with van der Waals surface area (Å²) in [6, 6.07) is 1.99. The number of rotatable bonds is 4. The van der Waals surface area contributed by atoms with Crippen LogP contribution in [0.5, 0.6) is 0 Å². The molecule has 142 valence electrons. The van der Waals surface area contributed by atoms with Gasteiger partial charge in [-0.2, -0.15) is 0 Å². The van der Waals surface area contributed by atoms with Gasteiger partial charge in [-0.15, -0.1) is 23.7 Å². The molecule has 4 rings (SSSR count). The van der Waals surface area contributed by atoms with Crippen LogP contribution in [0.4, 0.5) is 5.82 Å². The molecule has 0 radical (unpaired) electrons. The summed E-state index contributed by atoms with van der Waals surface area (Å²) in [5.41, 5.74) is 0. The van der Waals surface area contributed by atoms with Crippen LogP contribution in [0.1, 0.15) is 25.7 Å². The SMILES string of the molecule is CNCC1CCCN(C(=O)C2CCCN2c2ncnc3sccc23)C1.Cl. The van der Waals surface area contributed by atoms with E-state index in [0.717, 1.165) is 61.5 Å². The number of carbonyl (C=O) groups excluding carboxylic acids is 1. The molecule has 0 saturated carbocycles. The minimum atomic E-state index is -0.0775. The van der Waals surface area contributed by atoms with Crippen molar-refractivity contribution in [2.75, 3.05) is 38.1 Å². The molecule has 2 fully saturated rings. The van der Waals surface area contributed by atoms with Gasteiger partial charge in [0.05, 0.1) is 5.39 Å². The number of amides is 1. The summed E-state index contributed by atoms with van der Waals surface area (Å²) in [5, 5.41) is 6.37. The van der Waals surface area contributed by atoms with Crippen molar-refractivity contribution in [3.63, 3.8) is 0 Å². The molecule has 2 saturated heterocycles. The molecule has 1 amide bonds. The molecular weight excluding hydrogens is 370 g/mol. The van der Waals surface area contributed by atoms with Crippen LogP contribution >= 0.6 is 23.7 Å². The summed E-state index contributed by atoms with van der Waals surface area (Å²) in [6.45, 7) is 3.65. The first-order valence-corrected chi connectivity index (χ1v) is 10.0. The third kappa shape index (κ3) is 3.66. The highest BCUT2D eigenvalue weighted by molar-refractivity contribution is 7.16. The van der Waals surface area contributed by atoms with Gasteiger partial charge in [-0.3, -0.25) is 4.79 Å². The highest BCUT2D eigenvalue weighted by atomic mass is 35.5. The van der Waals surface area contributed by atoms with E-state index in [1.807, 2.05) is 12.4 Å². The lowest BCUT2D eigenvalue weighted by Gasteiger charge is -2.36. The van der Waals surface area contributed by atoms with Gasteiger partial charge < -0.3 is 15.1 Å². The van der Waals surface area contributed by atoms with Crippen LogP contribution in [0.25, 0.3) is 10.2 Å². The lowest BCUT2D eigenvalue weighted by Crippen LogP contribution is -2.50. The highest BCUT2D eigenvalue weighted by Crippen LogP contribution is 2.32. The second-order valence-corrected chi connectivity index (χ2v) is 7.93. The summed E-state index contributed by atoms with van der Waals surface area (Å²) in [5.74, 6) is 1.77. The monoisotopic (exact) mass is 395 g/mol. The first-order valence-electron chi connectivity index (χ1n) is 9.16. The number of nitrogens with zero attached hydrogens (tertiary/aromatic N) is 4. The number of piperidine rings is 1. The van der Waals surface area contributed by atoms with Crippen molar-refractivity contribution in [3.05, 3.63) is 17.8 Å². The van der Waals surface area contributed by atoms with Crippen LogP contribution in [0.3, 0.4) is 0 Å². The number of nitrogens with one attached hydrogen (secondary N) is 1. The number of hydrogen-bond acceptors (Lipinski definition) is 6. The van der Waals surface area contributed by atoms with Gasteiger partial charge in [0.1, 0.15) is 23.0 Å². The van der Waals surface area contributed by atoms with E-state index in [1.165, 1.54) is 6.42 Å². The second kappa shape index (κ2) is 8.50. The maximum atomic E-state index is 13.2. The molecule has 2 aliphatic heterocycles. The number of hydrogen-bond donors (Lipinski definition) is 1. The minimum Gasteiger partial charge on any atom is -0.344 e. The van der Waals surface area contributed by atoms with Crippen molar-refractivity contribution in [1.82, 2.24) is 20.2 Å². The van der Waals surface area contributed by atoms with E-state index < -0.39 is 0 Å². The lowest BCUT2D eigenvalue weighted by atomic mass is 9.97. The largest absolute Gasteiger partial charge is 0.344 e. The molecule has 26 heavy (non-hydrogen) atoms. The average molecular weight is 396 g/mol. The fourth-order valence-electron chi connectivity index (χ4n) is 4.21. The highest BCUT2D eigenvalue weighted by Gasteiger charge is 2.36. The van der Waals surface area contributed by atoms with E-state index in [4.69, 9.17) is 0 Å². The van der Waals surface area contributed by atoms with Crippen molar-refractivity contribution in [1.29, 1.82) is 0 Å². The molecule has 0 aliphatic carbocycles. The molecule has 4 heterocycles. The van der Waals surface area contributed by atoms with Gasteiger partial charge in [0, 0.05) is 19.6 Å². The molecule has 0 bridgehead atoms. The van der Waals surface area contributed by atoms with Crippen molar-refractivity contribution in [2.45, 2.75) is 31.7 Å². The molecule has 8 heteroatoms. The fourth-order valence-corrected chi connectivity index (χ4v) is 4.94. The molecule has 2 aromatic rings. The zero-order valence-corrected chi connectivity index (χ0v) is 16.7. The molecule has 6 nitrogen and oxygen atoms in total. The van der Waals surface area contributed by atoms with Gasteiger partial charge in [-0.25, -0.2) is 9.97 Å². The Morgan fingerprint density at radius 3 is 3.00 bits per heavy atom. The molecular formula is C18H26ClN5OS. The normalized spacial score (nSPS) is 23.3. The predicted molar refractivity (Wildman–Crippen MR) is 108 cm³/mol.